The second kappa shape index (κ2) is 10.6. The second-order valence-electron chi connectivity index (χ2n) is 10.5. The van der Waals surface area contributed by atoms with Crippen LogP contribution in [0.2, 0.25) is 0 Å². The van der Waals surface area contributed by atoms with Crippen LogP contribution >= 0.6 is 0 Å². The average molecular weight is 481 g/mol. The average Bonchev–Trinajstić information content (AvgIpc) is 3.37. The van der Waals surface area contributed by atoms with Gasteiger partial charge in [0.2, 0.25) is 5.91 Å². The summed E-state index contributed by atoms with van der Waals surface area (Å²) in [7, 11) is 0. The molecule has 4 rings (SSSR count). The Bertz CT molecular complexity index is 1080. The summed E-state index contributed by atoms with van der Waals surface area (Å²) in [5.41, 5.74) is 0.154. The Balaban J connectivity index is 1.47. The molecule has 2 aliphatic rings. The molecule has 0 unspecified atom stereocenters. The van der Waals surface area contributed by atoms with Crippen molar-refractivity contribution in [3.05, 3.63) is 53.9 Å². The predicted molar refractivity (Wildman–Crippen MR) is 134 cm³/mol. The fraction of sp³-hybridized carbons (Fsp3) is 0.519. The maximum atomic E-state index is 13.5. The molecule has 1 fully saturated rings. The first kappa shape index (κ1) is 25.0. The number of nitrogens with zero attached hydrogens (tertiary/aromatic N) is 3. The van der Waals surface area contributed by atoms with Gasteiger partial charge < -0.3 is 20.1 Å². The highest BCUT2D eigenvalue weighted by molar-refractivity contribution is 5.99. The number of anilines is 1. The van der Waals surface area contributed by atoms with Crippen LogP contribution in [0.5, 0.6) is 5.75 Å². The summed E-state index contributed by atoms with van der Waals surface area (Å²) in [5, 5.41) is 17.3. The minimum absolute atomic E-state index is 0.212. The molecular weight excluding hydrogens is 444 g/mol. The number of carbonyl (C=O) groups excluding carboxylic acids is 2. The van der Waals surface area contributed by atoms with E-state index in [4.69, 9.17) is 4.74 Å². The minimum atomic E-state index is -0.919. The molecule has 0 saturated heterocycles. The molecule has 2 N–H and O–H groups in total. The summed E-state index contributed by atoms with van der Waals surface area (Å²) >= 11 is 0. The summed E-state index contributed by atoms with van der Waals surface area (Å²) in [6.45, 7) is 5.96. The van der Waals surface area contributed by atoms with Crippen molar-refractivity contribution in [1.82, 2.24) is 14.7 Å². The van der Waals surface area contributed by atoms with Crippen molar-refractivity contribution in [1.29, 1.82) is 0 Å². The van der Waals surface area contributed by atoms with Crippen LogP contribution in [-0.4, -0.2) is 49.8 Å². The summed E-state index contributed by atoms with van der Waals surface area (Å²) in [5.74, 6) is 1.57. The molecule has 8 heteroatoms. The van der Waals surface area contributed by atoms with Crippen molar-refractivity contribution in [2.24, 2.45) is 5.92 Å². The third kappa shape index (κ3) is 6.94. The fourth-order valence-corrected chi connectivity index (χ4v) is 4.90. The topological polar surface area (TPSA) is 96.7 Å². The van der Waals surface area contributed by atoms with Gasteiger partial charge in [-0.05, 0) is 50.8 Å². The van der Waals surface area contributed by atoms with Gasteiger partial charge in [0.15, 0.2) is 5.82 Å². The van der Waals surface area contributed by atoms with Crippen LogP contribution < -0.4 is 10.1 Å². The summed E-state index contributed by atoms with van der Waals surface area (Å²) in [6.07, 6.45) is 9.53. The third-order valence-corrected chi connectivity index (χ3v) is 6.53. The summed E-state index contributed by atoms with van der Waals surface area (Å²) in [6, 6.07) is 8.77. The molecule has 1 saturated carbocycles. The van der Waals surface area contributed by atoms with Gasteiger partial charge in [0.25, 0.3) is 5.91 Å². The lowest BCUT2D eigenvalue weighted by Crippen LogP contribution is -2.46. The Kier molecular flexibility index (Phi) is 7.60. The van der Waals surface area contributed by atoms with E-state index in [9.17, 15) is 14.7 Å². The fourth-order valence-electron chi connectivity index (χ4n) is 4.90. The molecule has 1 aliphatic heterocycles. The van der Waals surface area contributed by atoms with Gasteiger partial charge in [-0.2, -0.15) is 5.10 Å². The lowest BCUT2D eigenvalue weighted by Gasteiger charge is -2.31. The molecular formula is C27H36N4O4. The molecule has 1 aromatic heterocycles. The van der Waals surface area contributed by atoms with Crippen LogP contribution in [0, 0.1) is 12.8 Å². The standard InChI is InChI=1S/C27H36N4O4/c1-19-8-7-11-21(14-19)35-22-16-25(32)31(17-22)23(15-20-9-5-4-6-10-20)26(33)28-24-12-13-30(29-24)18-27(2,3)34/h7-8,11-14,16,20,23,34H,4-6,9-10,15,17-18H2,1-3H3,(H,28,29,33)/t23-/m0/s1. The van der Waals surface area contributed by atoms with E-state index in [1.165, 1.54) is 12.5 Å². The number of carbonyl (C=O) groups is 2. The van der Waals surface area contributed by atoms with Gasteiger partial charge in [-0.1, -0.05) is 44.2 Å². The number of aromatic nitrogens is 2. The number of hydrogen-bond acceptors (Lipinski definition) is 5. The quantitative estimate of drug-likeness (QED) is 0.565. The van der Waals surface area contributed by atoms with Crippen LogP contribution in [0.3, 0.4) is 0 Å². The minimum Gasteiger partial charge on any atom is -0.460 e. The SMILES string of the molecule is Cc1cccc(OC2=CC(=O)N([C@@H](CC3CCCCC3)C(=O)Nc3ccn(CC(C)(C)O)n3)C2)c1. The number of amides is 2. The molecule has 1 aliphatic carbocycles. The number of nitrogens with one attached hydrogen (secondary N) is 1. The summed E-state index contributed by atoms with van der Waals surface area (Å²) in [4.78, 5) is 28.1. The van der Waals surface area contributed by atoms with Crippen LogP contribution in [0.25, 0.3) is 0 Å². The van der Waals surface area contributed by atoms with Crippen molar-refractivity contribution in [3.8, 4) is 5.75 Å². The van der Waals surface area contributed by atoms with E-state index in [1.54, 1.807) is 35.7 Å². The lowest BCUT2D eigenvalue weighted by molar-refractivity contribution is -0.134. The van der Waals surface area contributed by atoms with E-state index < -0.39 is 11.6 Å². The van der Waals surface area contributed by atoms with Gasteiger partial charge in [0.1, 0.15) is 17.6 Å². The van der Waals surface area contributed by atoms with Crippen molar-refractivity contribution in [2.75, 3.05) is 11.9 Å². The molecule has 2 heterocycles. The number of aliphatic hydroxyl groups is 1. The van der Waals surface area contributed by atoms with E-state index in [0.717, 1.165) is 31.2 Å². The first-order valence-corrected chi connectivity index (χ1v) is 12.5. The largest absolute Gasteiger partial charge is 0.460 e. The maximum Gasteiger partial charge on any atom is 0.251 e. The van der Waals surface area contributed by atoms with Crippen molar-refractivity contribution in [2.45, 2.75) is 77.5 Å². The Morgan fingerprint density at radius 2 is 2.03 bits per heavy atom. The van der Waals surface area contributed by atoms with E-state index in [0.29, 0.717) is 36.2 Å². The molecule has 0 radical (unpaired) electrons. The van der Waals surface area contributed by atoms with Crippen LogP contribution in [-0.2, 0) is 16.1 Å². The Hall–Kier alpha value is -3.13. The van der Waals surface area contributed by atoms with Gasteiger partial charge in [-0.15, -0.1) is 0 Å². The van der Waals surface area contributed by atoms with Gasteiger partial charge in [-0.3, -0.25) is 14.3 Å². The monoisotopic (exact) mass is 480 g/mol. The second-order valence-corrected chi connectivity index (χ2v) is 10.5. The highest BCUT2D eigenvalue weighted by Gasteiger charge is 2.36. The van der Waals surface area contributed by atoms with Gasteiger partial charge >= 0.3 is 0 Å². The zero-order valence-corrected chi connectivity index (χ0v) is 20.9. The predicted octanol–water partition coefficient (Wildman–Crippen LogP) is 4.05. The highest BCUT2D eigenvalue weighted by atomic mass is 16.5. The number of hydrogen-bond donors (Lipinski definition) is 2. The molecule has 1 atom stereocenters. The van der Waals surface area contributed by atoms with Crippen LogP contribution in [0.15, 0.2) is 48.4 Å². The number of rotatable bonds is 9. The maximum absolute atomic E-state index is 13.5. The zero-order chi connectivity index (χ0) is 25.0. The molecule has 0 bridgehead atoms. The first-order chi connectivity index (χ1) is 16.7. The van der Waals surface area contributed by atoms with Gasteiger partial charge in [-0.25, -0.2) is 0 Å². The van der Waals surface area contributed by atoms with Crippen molar-refractivity contribution < 1.29 is 19.4 Å². The smallest absolute Gasteiger partial charge is 0.251 e. The molecule has 35 heavy (non-hydrogen) atoms. The van der Waals surface area contributed by atoms with Gasteiger partial charge in [0.05, 0.1) is 18.7 Å². The van der Waals surface area contributed by atoms with Crippen LogP contribution in [0.4, 0.5) is 5.82 Å². The summed E-state index contributed by atoms with van der Waals surface area (Å²) < 4.78 is 7.57. The third-order valence-electron chi connectivity index (χ3n) is 6.53. The normalized spacial score (nSPS) is 17.9. The molecule has 0 spiro atoms. The first-order valence-electron chi connectivity index (χ1n) is 12.5. The Morgan fingerprint density at radius 3 is 2.74 bits per heavy atom. The van der Waals surface area contributed by atoms with E-state index in [-0.39, 0.29) is 18.4 Å². The number of aryl methyl sites for hydroxylation is 1. The Labute approximate surface area is 207 Å². The van der Waals surface area contributed by atoms with E-state index in [2.05, 4.69) is 10.4 Å². The molecule has 2 amide bonds. The Morgan fingerprint density at radius 1 is 1.26 bits per heavy atom. The lowest BCUT2D eigenvalue weighted by atomic mass is 9.84. The van der Waals surface area contributed by atoms with Crippen molar-refractivity contribution in [3.63, 3.8) is 0 Å². The molecule has 188 valence electrons. The molecule has 1 aromatic carbocycles. The molecule has 2 aromatic rings. The van der Waals surface area contributed by atoms with Crippen LogP contribution in [0.1, 0.15) is 57.9 Å². The van der Waals surface area contributed by atoms with E-state index >= 15 is 0 Å². The van der Waals surface area contributed by atoms with Gasteiger partial charge in [0, 0.05) is 18.3 Å². The number of ether oxygens (including phenoxy) is 1. The highest BCUT2D eigenvalue weighted by Crippen LogP contribution is 2.31. The molecule has 8 nitrogen and oxygen atoms in total. The number of benzene rings is 1. The van der Waals surface area contributed by atoms with Crippen molar-refractivity contribution >= 4 is 17.6 Å². The van der Waals surface area contributed by atoms with E-state index in [1.807, 2.05) is 31.2 Å². The zero-order valence-electron chi connectivity index (χ0n) is 20.9.